The van der Waals surface area contributed by atoms with Gasteiger partial charge in [0.05, 0.1) is 12.1 Å². The molecule has 1 aromatic heterocycles. The molecule has 3 unspecified atom stereocenters. The summed E-state index contributed by atoms with van der Waals surface area (Å²) >= 11 is 0. The molecule has 1 aliphatic heterocycles. The van der Waals surface area contributed by atoms with E-state index in [1.807, 2.05) is 32.9 Å². The molecule has 0 aliphatic carbocycles. The van der Waals surface area contributed by atoms with Crippen molar-refractivity contribution in [1.82, 2.24) is 10.2 Å². The summed E-state index contributed by atoms with van der Waals surface area (Å²) in [5, 5.41) is 2.86. The Bertz CT molecular complexity index is 428. The molecule has 1 aliphatic rings. The van der Waals surface area contributed by atoms with E-state index in [-0.39, 0.29) is 24.0 Å². The van der Waals surface area contributed by atoms with Gasteiger partial charge in [0.2, 0.25) is 5.91 Å². The lowest BCUT2D eigenvalue weighted by Gasteiger charge is -2.39. The van der Waals surface area contributed by atoms with Gasteiger partial charge in [-0.1, -0.05) is 0 Å². The molecule has 0 spiro atoms. The molecule has 0 bridgehead atoms. The molecular weight excluding hydrogens is 230 g/mol. The first kappa shape index (κ1) is 13.1. The van der Waals surface area contributed by atoms with E-state index in [2.05, 4.69) is 10.2 Å². The van der Waals surface area contributed by atoms with Gasteiger partial charge in [0.25, 0.3) is 0 Å². The molecule has 2 rings (SSSR count). The molecule has 5 nitrogen and oxygen atoms in total. The lowest BCUT2D eigenvalue weighted by molar-refractivity contribution is -0.130. The van der Waals surface area contributed by atoms with Crippen molar-refractivity contribution in [3.8, 4) is 0 Å². The molecule has 1 aromatic rings. The molecule has 3 atom stereocenters. The number of carbonyl (C=O) groups is 1. The zero-order valence-electron chi connectivity index (χ0n) is 11.1. The number of aryl methyl sites for hydroxylation is 1. The Morgan fingerprint density at radius 2 is 2.28 bits per heavy atom. The van der Waals surface area contributed by atoms with Crippen LogP contribution in [0.2, 0.25) is 0 Å². The van der Waals surface area contributed by atoms with Crippen LogP contribution < -0.4 is 11.1 Å². The fourth-order valence-corrected chi connectivity index (χ4v) is 2.52. The molecule has 100 valence electrons. The number of rotatable bonds is 3. The van der Waals surface area contributed by atoms with Crippen molar-refractivity contribution >= 4 is 5.91 Å². The predicted molar refractivity (Wildman–Crippen MR) is 69.0 cm³/mol. The first-order chi connectivity index (χ1) is 8.50. The third-order valence-corrected chi connectivity index (χ3v) is 3.45. The van der Waals surface area contributed by atoms with E-state index in [0.717, 1.165) is 18.1 Å². The summed E-state index contributed by atoms with van der Waals surface area (Å²) in [5.41, 5.74) is 6.08. The molecule has 0 radical (unpaired) electrons. The highest BCUT2D eigenvalue weighted by Crippen LogP contribution is 2.28. The van der Waals surface area contributed by atoms with E-state index in [1.54, 1.807) is 0 Å². The van der Waals surface area contributed by atoms with E-state index in [0.29, 0.717) is 6.54 Å². The van der Waals surface area contributed by atoms with Crippen LogP contribution in [-0.2, 0) is 4.79 Å². The van der Waals surface area contributed by atoms with Gasteiger partial charge in [-0.15, -0.1) is 0 Å². The van der Waals surface area contributed by atoms with Crippen molar-refractivity contribution in [3.63, 3.8) is 0 Å². The minimum absolute atomic E-state index is 0.0511. The maximum Gasteiger partial charge on any atom is 0.237 e. The zero-order valence-corrected chi connectivity index (χ0v) is 11.1. The van der Waals surface area contributed by atoms with Crippen LogP contribution in [0.4, 0.5) is 0 Å². The summed E-state index contributed by atoms with van der Waals surface area (Å²) in [7, 11) is 0. The van der Waals surface area contributed by atoms with Gasteiger partial charge in [0.1, 0.15) is 11.5 Å². The van der Waals surface area contributed by atoms with Crippen LogP contribution in [0.5, 0.6) is 0 Å². The molecule has 0 aromatic carbocycles. The van der Waals surface area contributed by atoms with Gasteiger partial charge in [-0.2, -0.15) is 0 Å². The first-order valence-electron chi connectivity index (χ1n) is 6.36. The summed E-state index contributed by atoms with van der Waals surface area (Å²) < 4.78 is 5.69. The van der Waals surface area contributed by atoms with Gasteiger partial charge in [0.15, 0.2) is 0 Å². The highest BCUT2D eigenvalue weighted by atomic mass is 16.3. The number of furan rings is 1. The van der Waals surface area contributed by atoms with Crippen molar-refractivity contribution < 1.29 is 9.21 Å². The number of hydrogen-bond donors (Lipinski definition) is 2. The smallest absolute Gasteiger partial charge is 0.237 e. The van der Waals surface area contributed by atoms with Crippen molar-refractivity contribution in [2.75, 3.05) is 13.1 Å². The first-order valence-corrected chi connectivity index (χ1v) is 6.36. The van der Waals surface area contributed by atoms with E-state index >= 15 is 0 Å². The van der Waals surface area contributed by atoms with Crippen LogP contribution in [0.25, 0.3) is 0 Å². The Morgan fingerprint density at radius 1 is 1.56 bits per heavy atom. The average molecular weight is 251 g/mol. The SMILES string of the molecule is Cc1ccc(C(C(C)N)N2CCNC(=O)C2C)o1. The topological polar surface area (TPSA) is 71.5 Å². The van der Waals surface area contributed by atoms with Crippen LogP contribution in [0.15, 0.2) is 16.5 Å². The fraction of sp³-hybridized carbons (Fsp3) is 0.615. The third kappa shape index (κ3) is 2.42. The van der Waals surface area contributed by atoms with Crippen LogP contribution in [0, 0.1) is 6.92 Å². The largest absolute Gasteiger partial charge is 0.465 e. The minimum atomic E-state index is -0.180. The summed E-state index contributed by atoms with van der Waals surface area (Å²) in [6.07, 6.45) is 0. The van der Waals surface area contributed by atoms with Gasteiger partial charge >= 0.3 is 0 Å². The summed E-state index contributed by atoms with van der Waals surface area (Å²) in [6.45, 7) is 7.21. The number of hydrogen-bond acceptors (Lipinski definition) is 4. The second-order valence-corrected chi connectivity index (χ2v) is 4.96. The Morgan fingerprint density at radius 3 is 2.83 bits per heavy atom. The molecule has 5 heteroatoms. The van der Waals surface area contributed by atoms with Gasteiger partial charge in [-0.3, -0.25) is 9.69 Å². The second kappa shape index (κ2) is 5.12. The third-order valence-electron chi connectivity index (χ3n) is 3.45. The number of carbonyl (C=O) groups excluding carboxylic acids is 1. The van der Waals surface area contributed by atoms with E-state index in [9.17, 15) is 4.79 Å². The van der Waals surface area contributed by atoms with Gasteiger partial charge in [-0.25, -0.2) is 0 Å². The second-order valence-electron chi connectivity index (χ2n) is 4.96. The standard InChI is InChI=1S/C13H21N3O2/c1-8-4-5-11(18-8)12(9(2)14)16-7-6-15-13(17)10(16)3/h4-5,9-10,12H,6-7,14H2,1-3H3,(H,15,17). The number of nitrogens with zero attached hydrogens (tertiary/aromatic N) is 1. The number of amides is 1. The molecule has 1 fully saturated rings. The van der Waals surface area contributed by atoms with Gasteiger partial charge in [-0.05, 0) is 32.9 Å². The van der Waals surface area contributed by atoms with Crippen LogP contribution in [0.1, 0.15) is 31.4 Å². The summed E-state index contributed by atoms with van der Waals surface area (Å²) in [5.74, 6) is 1.75. The van der Waals surface area contributed by atoms with Crippen LogP contribution >= 0.6 is 0 Å². The highest BCUT2D eigenvalue weighted by molar-refractivity contribution is 5.82. The van der Waals surface area contributed by atoms with E-state index < -0.39 is 0 Å². The normalized spacial score (nSPS) is 24.7. The van der Waals surface area contributed by atoms with Gasteiger partial charge in [0, 0.05) is 19.1 Å². The lowest BCUT2D eigenvalue weighted by atomic mass is 10.0. The molecule has 18 heavy (non-hydrogen) atoms. The van der Waals surface area contributed by atoms with Crippen LogP contribution in [0.3, 0.4) is 0 Å². The number of piperazine rings is 1. The quantitative estimate of drug-likeness (QED) is 0.833. The summed E-state index contributed by atoms with van der Waals surface area (Å²) in [4.78, 5) is 13.9. The molecule has 0 saturated carbocycles. The highest BCUT2D eigenvalue weighted by Gasteiger charge is 2.35. The van der Waals surface area contributed by atoms with E-state index in [4.69, 9.17) is 10.2 Å². The molecule has 3 N–H and O–H groups in total. The van der Waals surface area contributed by atoms with Gasteiger partial charge < -0.3 is 15.5 Å². The van der Waals surface area contributed by atoms with Crippen LogP contribution in [-0.4, -0.2) is 36.0 Å². The lowest BCUT2D eigenvalue weighted by Crippen LogP contribution is -2.57. The molecule has 1 amide bonds. The maximum atomic E-state index is 11.7. The van der Waals surface area contributed by atoms with Crippen molar-refractivity contribution in [1.29, 1.82) is 0 Å². The molecule has 2 heterocycles. The Balaban J connectivity index is 2.27. The average Bonchev–Trinajstić information content (AvgIpc) is 2.71. The molecular formula is C13H21N3O2. The summed E-state index contributed by atoms with van der Waals surface area (Å²) in [6, 6.07) is 3.55. The Kier molecular flexibility index (Phi) is 3.73. The van der Waals surface area contributed by atoms with E-state index in [1.165, 1.54) is 0 Å². The monoisotopic (exact) mass is 251 g/mol. The Hall–Kier alpha value is -1.33. The minimum Gasteiger partial charge on any atom is -0.465 e. The molecule has 1 saturated heterocycles. The van der Waals surface area contributed by atoms with Crippen molar-refractivity contribution in [3.05, 3.63) is 23.7 Å². The van der Waals surface area contributed by atoms with Crippen molar-refractivity contribution in [2.45, 2.75) is 38.9 Å². The number of nitrogens with two attached hydrogens (primary N) is 1. The Labute approximate surface area is 107 Å². The van der Waals surface area contributed by atoms with Crippen molar-refractivity contribution in [2.24, 2.45) is 5.73 Å². The number of nitrogens with one attached hydrogen (secondary N) is 1. The predicted octanol–water partition coefficient (Wildman–Crippen LogP) is 0.797. The fourth-order valence-electron chi connectivity index (χ4n) is 2.52. The zero-order chi connectivity index (χ0) is 13.3. The maximum absolute atomic E-state index is 11.7.